The molecule has 1 unspecified atom stereocenters. The van der Waals surface area contributed by atoms with E-state index in [-0.39, 0.29) is 18.4 Å². The smallest absolute Gasteiger partial charge is 0.247 e. The van der Waals surface area contributed by atoms with Gasteiger partial charge < -0.3 is 19.4 Å². The topological polar surface area (TPSA) is 71.8 Å². The first-order valence-corrected chi connectivity index (χ1v) is 8.29. The predicted molar refractivity (Wildman–Crippen MR) is 91.8 cm³/mol. The van der Waals surface area contributed by atoms with Crippen molar-refractivity contribution in [2.45, 2.75) is 25.9 Å². The number of ether oxygens (including phenoxy) is 1. The number of nitrogens with one attached hydrogen (secondary N) is 1. The summed E-state index contributed by atoms with van der Waals surface area (Å²) in [6.45, 7) is 2.90. The Labute approximate surface area is 146 Å². The van der Waals surface area contributed by atoms with E-state index in [1.807, 2.05) is 43.3 Å². The Kier molecular flexibility index (Phi) is 5.19. The lowest BCUT2D eigenvalue weighted by atomic mass is 9.91. The maximum absolute atomic E-state index is 12.9. The van der Waals surface area contributed by atoms with Crippen LogP contribution >= 0.6 is 0 Å². The lowest BCUT2D eigenvalue weighted by molar-refractivity contribution is -0.142. The van der Waals surface area contributed by atoms with Crippen LogP contribution in [-0.4, -0.2) is 37.0 Å². The van der Waals surface area contributed by atoms with E-state index in [0.29, 0.717) is 25.3 Å². The molecule has 0 fully saturated rings. The van der Waals surface area contributed by atoms with Crippen molar-refractivity contribution in [1.29, 1.82) is 0 Å². The van der Waals surface area contributed by atoms with Crippen LogP contribution in [0.5, 0.6) is 0 Å². The largest absolute Gasteiger partial charge is 0.465 e. The number of rotatable bonds is 6. The third kappa shape index (κ3) is 3.74. The van der Waals surface area contributed by atoms with Gasteiger partial charge in [-0.25, -0.2) is 0 Å². The summed E-state index contributed by atoms with van der Waals surface area (Å²) in [5, 5.41) is 2.88. The molecule has 25 heavy (non-hydrogen) atoms. The summed E-state index contributed by atoms with van der Waals surface area (Å²) < 4.78 is 10.6. The summed E-state index contributed by atoms with van der Waals surface area (Å²) in [5.74, 6) is 1.20. The lowest BCUT2D eigenvalue weighted by Crippen LogP contribution is -2.48. The Hall–Kier alpha value is -2.60. The van der Waals surface area contributed by atoms with Crippen molar-refractivity contribution in [1.82, 2.24) is 10.2 Å². The Morgan fingerprint density at radius 3 is 2.84 bits per heavy atom. The number of benzene rings is 1. The molecule has 2 heterocycles. The second kappa shape index (κ2) is 7.53. The van der Waals surface area contributed by atoms with E-state index < -0.39 is 6.04 Å². The number of carbonyl (C=O) groups is 2. The third-order valence-corrected chi connectivity index (χ3v) is 4.34. The highest BCUT2D eigenvalue weighted by Gasteiger charge is 2.36. The molecule has 6 heteroatoms. The fourth-order valence-electron chi connectivity index (χ4n) is 3.12. The highest BCUT2D eigenvalue weighted by molar-refractivity contribution is 5.92. The molecule has 1 atom stereocenters. The van der Waals surface area contributed by atoms with Gasteiger partial charge in [-0.05, 0) is 30.2 Å². The molecule has 1 aromatic heterocycles. The molecule has 0 radical (unpaired) electrons. The quantitative estimate of drug-likeness (QED) is 0.871. The Morgan fingerprint density at radius 1 is 1.32 bits per heavy atom. The minimum atomic E-state index is -0.649. The van der Waals surface area contributed by atoms with E-state index in [4.69, 9.17) is 9.15 Å². The fraction of sp³-hybridized carbons (Fsp3) is 0.368. The van der Waals surface area contributed by atoms with Crippen molar-refractivity contribution in [3.63, 3.8) is 0 Å². The molecule has 1 aliphatic heterocycles. The van der Waals surface area contributed by atoms with Crippen LogP contribution in [0.15, 0.2) is 40.8 Å². The number of methoxy groups -OCH3 is 1. The standard InChI is InChI=1S/C19H22N2O4/c1-13-7-8-15(25-13)12-20-19(23)18-16-6-4-3-5-14(16)11-17(22)21(18)9-10-24-2/h3-8,18H,9-12H2,1-2H3,(H,20,23). The highest BCUT2D eigenvalue weighted by Crippen LogP contribution is 2.30. The normalized spacial score (nSPS) is 16.6. The summed E-state index contributed by atoms with van der Waals surface area (Å²) >= 11 is 0. The van der Waals surface area contributed by atoms with Crippen LogP contribution in [0.3, 0.4) is 0 Å². The zero-order valence-electron chi connectivity index (χ0n) is 14.5. The second-order valence-electron chi connectivity index (χ2n) is 6.09. The van der Waals surface area contributed by atoms with Gasteiger partial charge in [0, 0.05) is 13.7 Å². The van der Waals surface area contributed by atoms with Gasteiger partial charge in [-0.2, -0.15) is 0 Å². The molecule has 132 valence electrons. The van der Waals surface area contributed by atoms with Gasteiger partial charge in [0.1, 0.15) is 17.6 Å². The monoisotopic (exact) mass is 342 g/mol. The van der Waals surface area contributed by atoms with Gasteiger partial charge in [0.2, 0.25) is 11.8 Å². The summed E-state index contributed by atoms with van der Waals surface area (Å²) in [7, 11) is 1.58. The molecule has 2 amide bonds. The fourth-order valence-corrected chi connectivity index (χ4v) is 3.12. The third-order valence-electron chi connectivity index (χ3n) is 4.34. The number of furan rings is 1. The van der Waals surface area contributed by atoms with Crippen LogP contribution in [0.1, 0.15) is 28.7 Å². The lowest BCUT2D eigenvalue weighted by Gasteiger charge is -2.36. The first-order chi connectivity index (χ1) is 12.1. The number of amides is 2. The molecule has 1 aliphatic rings. The van der Waals surface area contributed by atoms with Crippen LogP contribution in [0, 0.1) is 6.92 Å². The van der Waals surface area contributed by atoms with Gasteiger partial charge in [-0.15, -0.1) is 0 Å². The molecule has 3 rings (SSSR count). The van der Waals surface area contributed by atoms with Gasteiger partial charge in [-0.1, -0.05) is 24.3 Å². The second-order valence-corrected chi connectivity index (χ2v) is 6.09. The van der Waals surface area contributed by atoms with Crippen LogP contribution in [0.4, 0.5) is 0 Å². The van der Waals surface area contributed by atoms with Crippen LogP contribution < -0.4 is 5.32 Å². The van der Waals surface area contributed by atoms with E-state index in [1.165, 1.54) is 0 Å². The Morgan fingerprint density at radius 2 is 2.12 bits per heavy atom. The summed E-state index contributed by atoms with van der Waals surface area (Å²) in [6, 6.07) is 10.6. The molecule has 0 bridgehead atoms. The number of carbonyl (C=O) groups excluding carboxylic acids is 2. The van der Waals surface area contributed by atoms with E-state index in [0.717, 1.165) is 16.9 Å². The van der Waals surface area contributed by atoms with Crippen molar-refractivity contribution in [3.05, 3.63) is 59.0 Å². The van der Waals surface area contributed by atoms with Crippen molar-refractivity contribution < 1.29 is 18.7 Å². The molecule has 6 nitrogen and oxygen atoms in total. The molecular formula is C19H22N2O4. The van der Waals surface area contributed by atoms with Gasteiger partial charge >= 0.3 is 0 Å². The van der Waals surface area contributed by atoms with E-state index in [1.54, 1.807) is 12.0 Å². The minimum absolute atomic E-state index is 0.0651. The van der Waals surface area contributed by atoms with Crippen molar-refractivity contribution in [3.8, 4) is 0 Å². The van der Waals surface area contributed by atoms with Gasteiger partial charge in [0.15, 0.2) is 0 Å². The average Bonchev–Trinajstić information content (AvgIpc) is 3.02. The highest BCUT2D eigenvalue weighted by atomic mass is 16.5. The number of nitrogens with zero attached hydrogens (tertiary/aromatic N) is 1. The van der Waals surface area contributed by atoms with Crippen molar-refractivity contribution in [2.24, 2.45) is 0 Å². The molecule has 1 N–H and O–H groups in total. The molecule has 2 aromatic rings. The summed E-state index contributed by atoms with van der Waals surface area (Å²) in [5.41, 5.74) is 1.77. The molecule has 1 aromatic carbocycles. The minimum Gasteiger partial charge on any atom is -0.465 e. The Balaban J connectivity index is 1.82. The van der Waals surface area contributed by atoms with Gasteiger partial charge in [-0.3, -0.25) is 9.59 Å². The van der Waals surface area contributed by atoms with Crippen LogP contribution in [0.2, 0.25) is 0 Å². The number of aryl methyl sites for hydroxylation is 1. The van der Waals surface area contributed by atoms with Crippen molar-refractivity contribution >= 4 is 11.8 Å². The zero-order chi connectivity index (χ0) is 17.8. The number of hydrogen-bond donors (Lipinski definition) is 1. The Bertz CT molecular complexity index is 768. The summed E-state index contributed by atoms with van der Waals surface area (Å²) in [6.07, 6.45) is 0.307. The van der Waals surface area contributed by atoms with E-state index >= 15 is 0 Å². The molecule has 0 spiro atoms. The van der Waals surface area contributed by atoms with Crippen molar-refractivity contribution in [2.75, 3.05) is 20.3 Å². The molecule has 0 aliphatic carbocycles. The van der Waals surface area contributed by atoms with Crippen LogP contribution in [-0.2, 0) is 27.3 Å². The van der Waals surface area contributed by atoms with Gasteiger partial charge in [0.05, 0.1) is 19.6 Å². The maximum atomic E-state index is 12.9. The van der Waals surface area contributed by atoms with Crippen LogP contribution in [0.25, 0.3) is 0 Å². The molecule has 0 saturated heterocycles. The first kappa shape index (κ1) is 17.2. The summed E-state index contributed by atoms with van der Waals surface area (Å²) in [4.78, 5) is 27.0. The molecule has 0 saturated carbocycles. The van der Waals surface area contributed by atoms with Gasteiger partial charge in [0.25, 0.3) is 0 Å². The first-order valence-electron chi connectivity index (χ1n) is 8.29. The van der Waals surface area contributed by atoms with E-state index in [9.17, 15) is 9.59 Å². The number of hydrogen-bond acceptors (Lipinski definition) is 4. The maximum Gasteiger partial charge on any atom is 0.247 e. The van der Waals surface area contributed by atoms with E-state index in [2.05, 4.69) is 5.32 Å². The predicted octanol–water partition coefficient (Wildman–Crippen LogP) is 1.98. The average molecular weight is 342 g/mol. The molecular weight excluding hydrogens is 320 g/mol. The number of fused-ring (bicyclic) bond motifs is 1. The zero-order valence-corrected chi connectivity index (χ0v) is 14.5. The SMILES string of the molecule is COCCN1C(=O)Cc2ccccc2C1C(=O)NCc1ccc(C)o1.